The van der Waals surface area contributed by atoms with Gasteiger partial charge in [-0.15, -0.1) is 0 Å². The number of nitrogens with one attached hydrogen (secondary N) is 2. The molecule has 1 saturated heterocycles. The van der Waals surface area contributed by atoms with Crippen LogP contribution in [0.15, 0.2) is 0 Å². The second kappa shape index (κ2) is 8.48. The van der Waals surface area contributed by atoms with Gasteiger partial charge in [0, 0.05) is 31.6 Å². The van der Waals surface area contributed by atoms with Crippen molar-refractivity contribution in [2.24, 2.45) is 0 Å². The summed E-state index contributed by atoms with van der Waals surface area (Å²) in [5.74, 6) is 0.178. The van der Waals surface area contributed by atoms with E-state index in [0.29, 0.717) is 12.5 Å². The molecule has 0 aliphatic carbocycles. The van der Waals surface area contributed by atoms with E-state index in [9.17, 15) is 4.79 Å². The maximum absolute atomic E-state index is 11.7. The molecule has 2 N–H and O–H groups in total. The fourth-order valence-electron chi connectivity index (χ4n) is 2.54. The van der Waals surface area contributed by atoms with Crippen LogP contribution in [0.5, 0.6) is 0 Å². The summed E-state index contributed by atoms with van der Waals surface area (Å²) >= 11 is 0. The minimum Gasteiger partial charge on any atom is -0.354 e. The molecule has 4 nitrogen and oxygen atoms in total. The number of hydrogen-bond donors (Lipinski definition) is 2. The second-order valence-electron chi connectivity index (χ2n) is 5.47. The highest BCUT2D eigenvalue weighted by Gasteiger charge is 2.22. The molecular weight excluding hydrogens is 226 g/mol. The molecule has 1 aliphatic rings. The number of rotatable bonds is 7. The predicted molar refractivity (Wildman–Crippen MR) is 75.7 cm³/mol. The summed E-state index contributed by atoms with van der Waals surface area (Å²) in [6.07, 6.45) is 4.48. The van der Waals surface area contributed by atoms with Gasteiger partial charge in [-0.05, 0) is 39.8 Å². The van der Waals surface area contributed by atoms with Gasteiger partial charge in [-0.3, -0.25) is 9.69 Å². The first-order valence-electron chi connectivity index (χ1n) is 7.37. The minimum atomic E-state index is 0.178. The molecule has 1 heterocycles. The maximum Gasteiger partial charge on any atom is 0.221 e. The zero-order chi connectivity index (χ0) is 13.4. The lowest BCUT2D eigenvalue weighted by Gasteiger charge is -2.35. The van der Waals surface area contributed by atoms with Gasteiger partial charge in [-0.2, -0.15) is 0 Å². The van der Waals surface area contributed by atoms with E-state index >= 15 is 0 Å². The van der Waals surface area contributed by atoms with Crippen LogP contribution in [0.2, 0.25) is 0 Å². The van der Waals surface area contributed by atoms with Crippen molar-refractivity contribution in [1.82, 2.24) is 15.5 Å². The first-order valence-corrected chi connectivity index (χ1v) is 7.37. The summed E-state index contributed by atoms with van der Waals surface area (Å²) in [6.45, 7) is 10.3. The van der Waals surface area contributed by atoms with Gasteiger partial charge in [-0.1, -0.05) is 13.3 Å². The Balaban J connectivity index is 2.30. The average Bonchev–Trinajstić information content (AvgIpc) is 2.34. The number of hydrogen-bond acceptors (Lipinski definition) is 3. The van der Waals surface area contributed by atoms with Gasteiger partial charge in [0.25, 0.3) is 0 Å². The van der Waals surface area contributed by atoms with E-state index in [2.05, 4.69) is 22.5 Å². The van der Waals surface area contributed by atoms with Crippen molar-refractivity contribution in [3.05, 3.63) is 0 Å². The standard InChI is InChI=1S/C14H29N3O/c1-4-15-11-13-7-5-6-9-17(13)10-8-14(18)16-12(2)3/h12-13,15H,4-11H2,1-3H3,(H,16,18). The van der Waals surface area contributed by atoms with Crippen molar-refractivity contribution in [3.8, 4) is 0 Å². The third-order valence-corrected chi connectivity index (χ3v) is 3.45. The van der Waals surface area contributed by atoms with Gasteiger partial charge in [0.1, 0.15) is 0 Å². The second-order valence-corrected chi connectivity index (χ2v) is 5.47. The van der Waals surface area contributed by atoms with Gasteiger partial charge >= 0.3 is 0 Å². The molecule has 106 valence electrons. The lowest BCUT2D eigenvalue weighted by Crippen LogP contribution is -2.46. The monoisotopic (exact) mass is 255 g/mol. The highest BCUT2D eigenvalue weighted by atomic mass is 16.1. The zero-order valence-electron chi connectivity index (χ0n) is 12.2. The Morgan fingerprint density at radius 3 is 2.83 bits per heavy atom. The van der Waals surface area contributed by atoms with E-state index in [1.54, 1.807) is 0 Å². The molecule has 0 bridgehead atoms. The van der Waals surface area contributed by atoms with Crippen molar-refractivity contribution in [3.63, 3.8) is 0 Å². The molecule has 0 aromatic heterocycles. The molecule has 18 heavy (non-hydrogen) atoms. The highest BCUT2D eigenvalue weighted by Crippen LogP contribution is 2.16. The van der Waals surface area contributed by atoms with Crippen LogP contribution < -0.4 is 10.6 Å². The fourth-order valence-corrected chi connectivity index (χ4v) is 2.54. The van der Waals surface area contributed by atoms with E-state index in [4.69, 9.17) is 0 Å². The Hall–Kier alpha value is -0.610. The summed E-state index contributed by atoms with van der Waals surface area (Å²) in [7, 11) is 0. The quantitative estimate of drug-likeness (QED) is 0.722. The van der Waals surface area contributed by atoms with Gasteiger partial charge in [0.05, 0.1) is 0 Å². The number of carbonyl (C=O) groups excluding carboxylic acids is 1. The van der Waals surface area contributed by atoms with Gasteiger partial charge in [-0.25, -0.2) is 0 Å². The van der Waals surface area contributed by atoms with Crippen LogP contribution in [0.25, 0.3) is 0 Å². The number of amides is 1. The van der Waals surface area contributed by atoms with Crippen LogP contribution in [0, 0.1) is 0 Å². The highest BCUT2D eigenvalue weighted by molar-refractivity contribution is 5.76. The number of likely N-dealkylation sites (N-methyl/N-ethyl adjacent to an activating group) is 1. The molecule has 0 aromatic rings. The van der Waals surface area contributed by atoms with Gasteiger partial charge in [0.2, 0.25) is 5.91 Å². The third-order valence-electron chi connectivity index (χ3n) is 3.45. The molecule has 4 heteroatoms. The Morgan fingerprint density at radius 2 is 2.17 bits per heavy atom. The number of piperidine rings is 1. The molecule has 0 spiro atoms. The summed E-state index contributed by atoms with van der Waals surface area (Å²) in [4.78, 5) is 14.1. The first-order chi connectivity index (χ1) is 8.63. The Morgan fingerprint density at radius 1 is 1.39 bits per heavy atom. The molecular formula is C14H29N3O. The van der Waals surface area contributed by atoms with Crippen LogP contribution in [0.4, 0.5) is 0 Å². The Kier molecular flexibility index (Phi) is 7.28. The van der Waals surface area contributed by atoms with Crippen LogP contribution in [-0.4, -0.2) is 49.1 Å². The normalized spacial score (nSPS) is 21.2. The smallest absolute Gasteiger partial charge is 0.221 e. The van der Waals surface area contributed by atoms with Crippen LogP contribution >= 0.6 is 0 Å². The van der Waals surface area contributed by atoms with E-state index in [1.165, 1.54) is 19.3 Å². The minimum absolute atomic E-state index is 0.178. The lowest BCUT2D eigenvalue weighted by molar-refractivity contribution is -0.122. The zero-order valence-corrected chi connectivity index (χ0v) is 12.2. The Bertz CT molecular complexity index is 243. The largest absolute Gasteiger partial charge is 0.354 e. The SMILES string of the molecule is CCNCC1CCCCN1CCC(=O)NC(C)C. The van der Waals surface area contributed by atoms with Crippen molar-refractivity contribution >= 4 is 5.91 Å². The molecule has 1 amide bonds. The van der Waals surface area contributed by atoms with Gasteiger partial charge < -0.3 is 10.6 Å². The van der Waals surface area contributed by atoms with Crippen LogP contribution in [0.1, 0.15) is 46.5 Å². The Labute approximate surface area is 111 Å². The van der Waals surface area contributed by atoms with Crippen molar-refractivity contribution < 1.29 is 4.79 Å². The third kappa shape index (κ3) is 5.83. The molecule has 0 saturated carbocycles. The summed E-state index contributed by atoms with van der Waals surface area (Å²) in [6, 6.07) is 0.863. The van der Waals surface area contributed by atoms with Crippen molar-refractivity contribution in [2.45, 2.75) is 58.5 Å². The van der Waals surface area contributed by atoms with Crippen molar-refractivity contribution in [2.75, 3.05) is 26.2 Å². The lowest BCUT2D eigenvalue weighted by atomic mass is 10.0. The van der Waals surface area contributed by atoms with Crippen molar-refractivity contribution in [1.29, 1.82) is 0 Å². The maximum atomic E-state index is 11.7. The van der Waals surface area contributed by atoms with E-state index in [1.807, 2.05) is 13.8 Å². The molecule has 1 aliphatic heterocycles. The number of likely N-dealkylation sites (tertiary alicyclic amines) is 1. The van der Waals surface area contributed by atoms with E-state index < -0.39 is 0 Å². The number of nitrogens with zero attached hydrogens (tertiary/aromatic N) is 1. The number of carbonyl (C=O) groups is 1. The van der Waals surface area contributed by atoms with E-state index in [0.717, 1.165) is 26.2 Å². The summed E-state index contributed by atoms with van der Waals surface area (Å²) in [5, 5.41) is 6.38. The molecule has 1 atom stereocenters. The molecule has 1 fully saturated rings. The van der Waals surface area contributed by atoms with E-state index in [-0.39, 0.29) is 11.9 Å². The summed E-state index contributed by atoms with van der Waals surface area (Å²) < 4.78 is 0. The predicted octanol–water partition coefficient (Wildman–Crippen LogP) is 1.37. The average molecular weight is 255 g/mol. The van der Waals surface area contributed by atoms with Crippen LogP contribution in [0.3, 0.4) is 0 Å². The fraction of sp³-hybridized carbons (Fsp3) is 0.929. The molecule has 0 aromatic carbocycles. The van der Waals surface area contributed by atoms with Crippen LogP contribution in [-0.2, 0) is 4.79 Å². The topological polar surface area (TPSA) is 44.4 Å². The van der Waals surface area contributed by atoms with Gasteiger partial charge in [0.15, 0.2) is 0 Å². The molecule has 0 radical (unpaired) electrons. The molecule has 1 rings (SSSR count). The summed E-state index contributed by atoms with van der Waals surface area (Å²) in [5.41, 5.74) is 0. The molecule has 1 unspecified atom stereocenters. The first kappa shape index (κ1) is 15.4.